The SMILES string of the molecule is CC(=O)O[C@H]1CC[C@@H]2C(C)C(C)CC(=O)[C@H]2C1. The van der Waals surface area contributed by atoms with Gasteiger partial charge in [-0.1, -0.05) is 13.8 Å². The van der Waals surface area contributed by atoms with Gasteiger partial charge in [0.05, 0.1) is 0 Å². The summed E-state index contributed by atoms with van der Waals surface area (Å²) in [5.74, 6) is 1.94. The number of Topliss-reactive ketones (excluding diaryl/α,β-unsaturated/α-hetero) is 1. The second kappa shape index (κ2) is 4.79. The highest BCUT2D eigenvalue weighted by Gasteiger charge is 2.44. The van der Waals surface area contributed by atoms with Crippen LogP contribution in [0.3, 0.4) is 0 Å². The standard InChI is InChI=1S/C14H22O3/c1-8-6-14(16)13-7-11(17-10(3)15)4-5-12(13)9(8)2/h8-9,11-13H,4-7H2,1-3H3/t8?,9?,11-,12+,13-/m0/s1. The predicted octanol–water partition coefficient (Wildman–Crippen LogP) is 2.58. The molecule has 0 aromatic rings. The van der Waals surface area contributed by atoms with Crippen molar-refractivity contribution in [2.24, 2.45) is 23.7 Å². The average molecular weight is 238 g/mol. The molecule has 96 valence electrons. The van der Waals surface area contributed by atoms with Crippen molar-refractivity contribution in [1.29, 1.82) is 0 Å². The lowest BCUT2D eigenvalue weighted by Gasteiger charge is -2.44. The monoisotopic (exact) mass is 238 g/mol. The molecule has 2 aliphatic carbocycles. The Morgan fingerprint density at radius 2 is 2.00 bits per heavy atom. The Morgan fingerprint density at radius 3 is 2.65 bits per heavy atom. The number of carbonyl (C=O) groups is 2. The number of ketones is 1. The maximum Gasteiger partial charge on any atom is 0.302 e. The first-order valence-electron chi connectivity index (χ1n) is 6.69. The summed E-state index contributed by atoms with van der Waals surface area (Å²) >= 11 is 0. The molecule has 17 heavy (non-hydrogen) atoms. The van der Waals surface area contributed by atoms with Crippen LogP contribution in [0.2, 0.25) is 0 Å². The van der Waals surface area contributed by atoms with Crippen LogP contribution in [-0.4, -0.2) is 17.9 Å². The van der Waals surface area contributed by atoms with Gasteiger partial charge in [0.2, 0.25) is 0 Å². The van der Waals surface area contributed by atoms with Gasteiger partial charge in [-0.25, -0.2) is 0 Å². The Kier molecular flexibility index (Phi) is 3.55. The molecule has 0 aromatic heterocycles. The van der Waals surface area contributed by atoms with E-state index < -0.39 is 0 Å². The van der Waals surface area contributed by atoms with Crippen LogP contribution in [0.4, 0.5) is 0 Å². The quantitative estimate of drug-likeness (QED) is 0.659. The molecule has 0 aromatic carbocycles. The molecule has 3 nitrogen and oxygen atoms in total. The molecular weight excluding hydrogens is 216 g/mol. The molecule has 0 amide bonds. The van der Waals surface area contributed by atoms with E-state index in [0.717, 1.165) is 19.3 Å². The highest BCUT2D eigenvalue weighted by Crippen LogP contribution is 2.44. The normalized spacial score (nSPS) is 41.8. The molecule has 5 atom stereocenters. The molecule has 3 heteroatoms. The van der Waals surface area contributed by atoms with Gasteiger partial charge in [-0.15, -0.1) is 0 Å². The third-order valence-corrected chi connectivity index (χ3v) is 4.70. The number of ether oxygens (including phenoxy) is 1. The second-order valence-electron chi connectivity index (χ2n) is 5.82. The van der Waals surface area contributed by atoms with E-state index in [1.165, 1.54) is 6.92 Å². The van der Waals surface area contributed by atoms with Crippen LogP contribution in [0.15, 0.2) is 0 Å². The zero-order valence-corrected chi connectivity index (χ0v) is 10.9. The fourth-order valence-corrected chi connectivity index (χ4v) is 3.57. The summed E-state index contributed by atoms with van der Waals surface area (Å²) in [6, 6.07) is 0. The van der Waals surface area contributed by atoms with Gasteiger partial charge in [0.25, 0.3) is 0 Å². The number of fused-ring (bicyclic) bond motifs is 1. The largest absolute Gasteiger partial charge is 0.463 e. The Morgan fingerprint density at radius 1 is 1.29 bits per heavy atom. The van der Waals surface area contributed by atoms with Crippen molar-refractivity contribution in [3.63, 3.8) is 0 Å². The molecule has 0 bridgehead atoms. The van der Waals surface area contributed by atoms with Crippen LogP contribution in [-0.2, 0) is 14.3 Å². The number of hydrogen-bond donors (Lipinski definition) is 0. The van der Waals surface area contributed by atoms with Gasteiger partial charge in [0.15, 0.2) is 0 Å². The molecule has 2 unspecified atom stereocenters. The summed E-state index contributed by atoms with van der Waals surface area (Å²) in [4.78, 5) is 23.0. The predicted molar refractivity (Wildman–Crippen MR) is 64.3 cm³/mol. The third kappa shape index (κ3) is 2.53. The molecule has 0 saturated heterocycles. The first-order valence-corrected chi connectivity index (χ1v) is 6.69. The summed E-state index contributed by atoms with van der Waals surface area (Å²) < 4.78 is 5.26. The Bertz CT molecular complexity index is 323. The van der Waals surface area contributed by atoms with Crippen LogP contribution in [0.5, 0.6) is 0 Å². The van der Waals surface area contributed by atoms with Crippen molar-refractivity contribution in [3.05, 3.63) is 0 Å². The molecule has 0 heterocycles. The zero-order chi connectivity index (χ0) is 12.6. The smallest absolute Gasteiger partial charge is 0.302 e. The van der Waals surface area contributed by atoms with Crippen molar-refractivity contribution in [2.75, 3.05) is 0 Å². The molecule has 0 N–H and O–H groups in total. The highest BCUT2D eigenvalue weighted by atomic mass is 16.5. The van der Waals surface area contributed by atoms with Crippen molar-refractivity contribution in [2.45, 2.75) is 52.6 Å². The highest BCUT2D eigenvalue weighted by molar-refractivity contribution is 5.82. The van der Waals surface area contributed by atoms with Gasteiger partial charge in [0.1, 0.15) is 11.9 Å². The van der Waals surface area contributed by atoms with Crippen LogP contribution >= 0.6 is 0 Å². The van der Waals surface area contributed by atoms with Gasteiger partial charge in [-0.05, 0) is 37.0 Å². The van der Waals surface area contributed by atoms with Crippen LogP contribution < -0.4 is 0 Å². The van der Waals surface area contributed by atoms with Crippen molar-refractivity contribution < 1.29 is 14.3 Å². The van der Waals surface area contributed by atoms with Gasteiger partial charge < -0.3 is 4.74 Å². The molecule has 0 radical (unpaired) electrons. The molecular formula is C14H22O3. The lowest BCUT2D eigenvalue weighted by Crippen LogP contribution is -2.44. The molecule has 2 aliphatic rings. The number of hydrogen-bond acceptors (Lipinski definition) is 3. The fourth-order valence-electron chi connectivity index (χ4n) is 3.57. The lowest BCUT2D eigenvalue weighted by molar-refractivity contribution is -0.153. The van der Waals surface area contributed by atoms with Gasteiger partial charge in [-0.2, -0.15) is 0 Å². The van der Waals surface area contributed by atoms with E-state index in [1.54, 1.807) is 0 Å². The summed E-state index contributed by atoms with van der Waals surface area (Å²) in [5, 5.41) is 0. The zero-order valence-electron chi connectivity index (χ0n) is 10.9. The summed E-state index contributed by atoms with van der Waals surface area (Å²) in [6.45, 7) is 5.89. The number of rotatable bonds is 1. The second-order valence-corrected chi connectivity index (χ2v) is 5.82. The maximum absolute atomic E-state index is 12.1. The number of esters is 1. The van der Waals surface area contributed by atoms with E-state index in [2.05, 4.69) is 13.8 Å². The van der Waals surface area contributed by atoms with E-state index >= 15 is 0 Å². The Labute approximate surface area is 103 Å². The Hall–Kier alpha value is -0.860. The first kappa shape index (κ1) is 12.6. The Balaban J connectivity index is 2.04. The minimum absolute atomic E-state index is 0.0293. The van der Waals surface area contributed by atoms with Crippen molar-refractivity contribution >= 4 is 11.8 Å². The molecule has 0 spiro atoms. The van der Waals surface area contributed by atoms with E-state index in [0.29, 0.717) is 30.0 Å². The minimum atomic E-state index is -0.224. The third-order valence-electron chi connectivity index (χ3n) is 4.70. The number of carbonyl (C=O) groups excluding carboxylic acids is 2. The molecule has 0 aliphatic heterocycles. The maximum atomic E-state index is 12.1. The van der Waals surface area contributed by atoms with Crippen LogP contribution in [0.1, 0.15) is 46.5 Å². The van der Waals surface area contributed by atoms with Gasteiger partial charge in [-0.3, -0.25) is 9.59 Å². The van der Waals surface area contributed by atoms with E-state index in [1.807, 2.05) is 0 Å². The average Bonchev–Trinajstić information content (AvgIpc) is 2.25. The molecule has 2 fully saturated rings. The van der Waals surface area contributed by atoms with E-state index in [4.69, 9.17) is 4.74 Å². The molecule has 2 saturated carbocycles. The molecule has 2 rings (SSSR count). The minimum Gasteiger partial charge on any atom is -0.463 e. The summed E-state index contributed by atoms with van der Waals surface area (Å²) in [6.07, 6.45) is 3.37. The van der Waals surface area contributed by atoms with E-state index in [9.17, 15) is 9.59 Å². The topological polar surface area (TPSA) is 43.4 Å². The van der Waals surface area contributed by atoms with Crippen molar-refractivity contribution in [1.82, 2.24) is 0 Å². The lowest BCUT2D eigenvalue weighted by atomic mass is 9.61. The van der Waals surface area contributed by atoms with Crippen molar-refractivity contribution in [3.8, 4) is 0 Å². The summed E-state index contributed by atoms with van der Waals surface area (Å²) in [5.41, 5.74) is 0. The summed E-state index contributed by atoms with van der Waals surface area (Å²) in [7, 11) is 0. The van der Waals surface area contributed by atoms with Crippen LogP contribution in [0.25, 0.3) is 0 Å². The fraction of sp³-hybridized carbons (Fsp3) is 0.857. The first-order chi connectivity index (χ1) is 7.99. The van der Waals surface area contributed by atoms with Gasteiger partial charge in [0, 0.05) is 19.3 Å². The van der Waals surface area contributed by atoms with Crippen LogP contribution in [0, 0.1) is 23.7 Å². The van der Waals surface area contributed by atoms with Gasteiger partial charge >= 0.3 is 5.97 Å². The van der Waals surface area contributed by atoms with E-state index in [-0.39, 0.29) is 18.0 Å².